The minimum absolute atomic E-state index is 0.0313. The molecule has 8 heteroatoms. The molecule has 0 amide bonds. The molecule has 24 heavy (non-hydrogen) atoms. The fraction of sp³-hybridized carbons (Fsp3) is 0.625. The van der Waals surface area contributed by atoms with E-state index in [1.165, 1.54) is 12.1 Å². The minimum atomic E-state index is -4.73. The van der Waals surface area contributed by atoms with Gasteiger partial charge in [0, 0.05) is 0 Å². The van der Waals surface area contributed by atoms with Crippen LogP contribution in [0.4, 0.5) is 13.2 Å². The Balaban J connectivity index is 2.63. The number of benzene rings is 1. The Morgan fingerprint density at radius 1 is 1.04 bits per heavy atom. The van der Waals surface area contributed by atoms with Crippen molar-refractivity contribution < 1.29 is 32.2 Å². The standard InChI is InChI=1S/C16H25F3O4Si/c1-15(2,3)24(4,5)21-11-14(10-20)22-12-6-8-13(9-7-12)23-16(17,18)19/h6-9,14,20H,10-11H2,1-5H3. The number of aliphatic hydroxyl groups excluding tert-OH is 1. The molecule has 0 saturated carbocycles. The van der Waals surface area contributed by atoms with Gasteiger partial charge in [-0.25, -0.2) is 0 Å². The van der Waals surface area contributed by atoms with E-state index in [-0.39, 0.29) is 24.0 Å². The Morgan fingerprint density at radius 2 is 1.54 bits per heavy atom. The zero-order valence-electron chi connectivity index (χ0n) is 14.6. The van der Waals surface area contributed by atoms with Crippen LogP contribution in [0.15, 0.2) is 24.3 Å². The SMILES string of the molecule is CC(C)(C)[Si](C)(C)OCC(CO)Oc1ccc(OC(F)(F)F)cc1. The smallest absolute Gasteiger partial charge is 0.486 e. The van der Waals surface area contributed by atoms with Crippen LogP contribution in [0.3, 0.4) is 0 Å². The summed E-state index contributed by atoms with van der Waals surface area (Å²) in [5.74, 6) is 0.00956. The summed E-state index contributed by atoms with van der Waals surface area (Å²) in [6.45, 7) is 10.5. The maximum absolute atomic E-state index is 12.1. The first kappa shape index (κ1) is 20.8. The third kappa shape index (κ3) is 6.70. The van der Waals surface area contributed by atoms with E-state index in [9.17, 15) is 18.3 Å². The summed E-state index contributed by atoms with van der Waals surface area (Å²) in [4.78, 5) is 0. The molecule has 0 saturated heterocycles. The van der Waals surface area contributed by atoms with Crippen LogP contribution in [0.25, 0.3) is 0 Å². The lowest BCUT2D eigenvalue weighted by Gasteiger charge is -2.37. The van der Waals surface area contributed by atoms with Crippen LogP contribution in [0, 0.1) is 0 Å². The van der Waals surface area contributed by atoms with Gasteiger partial charge in [-0.05, 0) is 42.4 Å². The molecule has 4 nitrogen and oxygen atoms in total. The number of rotatable bonds is 7. The zero-order chi connectivity index (χ0) is 18.6. The lowest BCUT2D eigenvalue weighted by atomic mass is 10.2. The van der Waals surface area contributed by atoms with Crippen LogP contribution in [-0.4, -0.2) is 39.1 Å². The molecular formula is C16H25F3O4Si. The highest BCUT2D eigenvalue weighted by atomic mass is 28.4. The van der Waals surface area contributed by atoms with Crippen molar-refractivity contribution in [2.45, 2.75) is 51.4 Å². The maximum atomic E-state index is 12.1. The van der Waals surface area contributed by atoms with Crippen LogP contribution in [0.2, 0.25) is 18.1 Å². The van der Waals surface area contributed by atoms with Crippen molar-refractivity contribution in [2.75, 3.05) is 13.2 Å². The molecule has 0 aliphatic carbocycles. The second-order valence-electron chi connectivity index (χ2n) is 7.01. The third-order valence-corrected chi connectivity index (χ3v) is 8.50. The Kier molecular flexibility index (Phi) is 6.72. The largest absolute Gasteiger partial charge is 0.573 e. The predicted molar refractivity (Wildman–Crippen MR) is 87.8 cm³/mol. The Morgan fingerprint density at radius 3 is 1.96 bits per heavy atom. The number of hydrogen-bond acceptors (Lipinski definition) is 4. The van der Waals surface area contributed by atoms with Crippen LogP contribution < -0.4 is 9.47 Å². The first-order chi connectivity index (χ1) is 10.8. The Labute approximate surface area is 141 Å². The van der Waals surface area contributed by atoms with Crippen molar-refractivity contribution in [3.63, 3.8) is 0 Å². The molecule has 0 fully saturated rings. The molecule has 0 heterocycles. The molecule has 0 radical (unpaired) electrons. The van der Waals surface area contributed by atoms with Crippen LogP contribution in [0.5, 0.6) is 11.5 Å². The summed E-state index contributed by atoms with van der Waals surface area (Å²) in [5, 5.41) is 9.46. The number of aliphatic hydroxyl groups is 1. The van der Waals surface area contributed by atoms with Gasteiger partial charge < -0.3 is 19.0 Å². The quantitative estimate of drug-likeness (QED) is 0.729. The summed E-state index contributed by atoms with van der Waals surface area (Å²) >= 11 is 0. The van der Waals surface area contributed by atoms with E-state index in [1.807, 2.05) is 0 Å². The van der Waals surface area contributed by atoms with Crippen molar-refractivity contribution in [1.29, 1.82) is 0 Å². The summed E-state index contributed by atoms with van der Waals surface area (Å²) in [7, 11) is -1.97. The maximum Gasteiger partial charge on any atom is 0.573 e. The lowest BCUT2D eigenvalue weighted by molar-refractivity contribution is -0.274. The van der Waals surface area contributed by atoms with Crippen molar-refractivity contribution >= 4 is 8.32 Å². The lowest BCUT2D eigenvalue weighted by Crippen LogP contribution is -2.44. The Bertz CT molecular complexity index is 510. The number of alkyl halides is 3. The van der Waals surface area contributed by atoms with Gasteiger partial charge in [0.25, 0.3) is 0 Å². The van der Waals surface area contributed by atoms with E-state index in [2.05, 4.69) is 38.6 Å². The van der Waals surface area contributed by atoms with E-state index >= 15 is 0 Å². The van der Waals surface area contributed by atoms with E-state index in [0.717, 1.165) is 12.1 Å². The van der Waals surface area contributed by atoms with Gasteiger partial charge in [-0.2, -0.15) is 0 Å². The summed E-state index contributed by atoms with van der Waals surface area (Å²) in [5.41, 5.74) is 0. The molecular weight excluding hydrogens is 341 g/mol. The third-order valence-electron chi connectivity index (χ3n) is 4.00. The zero-order valence-corrected chi connectivity index (χ0v) is 15.6. The number of ether oxygens (including phenoxy) is 2. The predicted octanol–water partition coefficient (Wildman–Crippen LogP) is 4.35. The minimum Gasteiger partial charge on any atom is -0.486 e. The van der Waals surface area contributed by atoms with Crippen molar-refractivity contribution in [3.8, 4) is 11.5 Å². The fourth-order valence-corrected chi connectivity index (χ4v) is 2.59. The van der Waals surface area contributed by atoms with Crippen LogP contribution in [-0.2, 0) is 4.43 Å². The molecule has 0 spiro atoms. The molecule has 1 unspecified atom stereocenters. The van der Waals surface area contributed by atoms with Gasteiger partial charge in [0.15, 0.2) is 8.32 Å². The molecule has 0 aliphatic rings. The van der Waals surface area contributed by atoms with E-state index in [4.69, 9.17) is 9.16 Å². The summed E-state index contributed by atoms with van der Waals surface area (Å²) in [6.07, 6.45) is -5.32. The fourth-order valence-electron chi connectivity index (χ4n) is 1.55. The molecule has 1 N–H and O–H groups in total. The second kappa shape index (κ2) is 7.75. The first-order valence-corrected chi connectivity index (χ1v) is 10.5. The highest BCUT2D eigenvalue weighted by Gasteiger charge is 2.37. The molecule has 138 valence electrons. The molecule has 0 bridgehead atoms. The second-order valence-corrected chi connectivity index (χ2v) is 11.8. The van der Waals surface area contributed by atoms with Crippen molar-refractivity contribution in [3.05, 3.63) is 24.3 Å². The van der Waals surface area contributed by atoms with Crippen molar-refractivity contribution in [1.82, 2.24) is 0 Å². The molecule has 1 aromatic carbocycles. The van der Waals surface area contributed by atoms with Gasteiger partial charge in [-0.3, -0.25) is 0 Å². The molecule has 1 atom stereocenters. The molecule has 1 rings (SSSR count). The molecule has 0 aliphatic heterocycles. The highest BCUT2D eigenvalue weighted by Crippen LogP contribution is 2.36. The van der Waals surface area contributed by atoms with Gasteiger partial charge in [0.2, 0.25) is 0 Å². The van der Waals surface area contributed by atoms with Crippen LogP contribution in [0.1, 0.15) is 20.8 Å². The first-order valence-electron chi connectivity index (χ1n) is 7.61. The van der Waals surface area contributed by atoms with E-state index in [1.54, 1.807) is 0 Å². The molecule has 0 aromatic heterocycles. The van der Waals surface area contributed by atoms with Gasteiger partial charge >= 0.3 is 6.36 Å². The highest BCUT2D eigenvalue weighted by molar-refractivity contribution is 6.74. The summed E-state index contributed by atoms with van der Waals surface area (Å²) < 4.78 is 51.7. The van der Waals surface area contributed by atoms with E-state index in [0.29, 0.717) is 5.75 Å². The van der Waals surface area contributed by atoms with Gasteiger partial charge in [-0.1, -0.05) is 20.8 Å². The average molecular weight is 366 g/mol. The summed E-state index contributed by atoms with van der Waals surface area (Å²) in [6, 6.07) is 5.03. The van der Waals surface area contributed by atoms with Crippen LogP contribution >= 0.6 is 0 Å². The number of hydrogen-bond donors (Lipinski definition) is 1. The van der Waals surface area contributed by atoms with Gasteiger partial charge in [0.1, 0.15) is 17.6 Å². The topological polar surface area (TPSA) is 47.9 Å². The van der Waals surface area contributed by atoms with E-state index < -0.39 is 20.8 Å². The Hall–Kier alpha value is -1.25. The van der Waals surface area contributed by atoms with Crippen molar-refractivity contribution in [2.24, 2.45) is 0 Å². The van der Waals surface area contributed by atoms with Gasteiger partial charge in [0.05, 0.1) is 13.2 Å². The average Bonchev–Trinajstić information content (AvgIpc) is 2.42. The molecule has 1 aromatic rings. The monoisotopic (exact) mass is 366 g/mol. The normalized spacial score (nSPS) is 14.4. The number of halogens is 3. The van der Waals surface area contributed by atoms with Gasteiger partial charge in [-0.15, -0.1) is 13.2 Å².